The first kappa shape index (κ1) is 25.7. The average molecular weight is 512 g/mol. The molecule has 0 amide bonds. The third-order valence-corrected chi connectivity index (χ3v) is 8.15. The predicted molar refractivity (Wildman–Crippen MR) is 99.5 cm³/mol. The number of aryl methyl sites for hydroxylation is 1. The van der Waals surface area contributed by atoms with Gasteiger partial charge in [0.05, 0.1) is 12.7 Å². The highest BCUT2D eigenvalue weighted by atomic mass is 32.1. The van der Waals surface area contributed by atoms with Crippen molar-refractivity contribution in [2.24, 2.45) is 5.92 Å². The van der Waals surface area contributed by atoms with E-state index in [9.17, 15) is 28.5 Å². The van der Waals surface area contributed by atoms with E-state index in [4.69, 9.17) is 31.6 Å². The Kier molecular flexibility index (Phi) is 7.81. The number of rotatable bonds is 8. The molecule has 3 unspecified atom stereocenters. The van der Waals surface area contributed by atoms with Gasteiger partial charge in [-0.3, -0.25) is 14.1 Å². The number of nitrogens with one attached hydrogen (secondary N) is 1. The summed E-state index contributed by atoms with van der Waals surface area (Å²) in [7, 11) is -16.6. The molecule has 1 aliphatic rings. The van der Waals surface area contributed by atoms with Crippen LogP contribution in [0.3, 0.4) is 0 Å². The van der Waals surface area contributed by atoms with Crippen molar-refractivity contribution < 1.29 is 56.3 Å². The lowest BCUT2D eigenvalue weighted by atomic mass is 10.0. The van der Waals surface area contributed by atoms with E-state index in [1.165, 1.54) is 13.1 Å². The fraction of sp³-hybridized carbons (Fsp3) is 0.636. The summed E-state index contributed by atoms with van der Waals surface area (Å²) in [5.41, 5.74) is -0.0743. The van der Waals surface area contributed by atoms with E-state index in [0.29, 0.717) is 5.56 Å². The minimum Gasteiger partial charge on any atom is -0.390 e. The number of nitrogens with zero attached hydrogens (tertiary/aromatic N) is 1. The third-order valence-electron chi connectivity index (χ3n) is 3.92. The van der Waals surface area contributed by atoms with Crippen LogP contribution in [-0.2, 0) is 31.6 Å². The second-order valence-electron chi connectivity index (χ2n) is 6.28. The maximum Gasteiger partial charge on any atom is 0.490 e. The molecule has 6 N–H and O–H groups in total. The molecule has 30 heavy (non-hydrogen) atoms. The maximum absolute atomic E-state index is 12.1. The third kappa shape index (κ3) is 6.71. The van der Waals surface area contributed by atoms with Gasteiger partial charge < -0.3 is 29.4 Å². The Bertz CT molecular complexity index is 1050. The van der Waals surface area contributed by atoms with Crippen LogP contribution in [-0.4, -0.2) is 53.0 Å². The van der Waals surface area contributed by atoms with E-state index >= 15 is 0 Å². The summed E-state index contributed by atoms with van der Waals surface area (Å²) in [4.78, 5) is 50.1. The van der Waals surface area contributed by atoms with Gasteiger partial charge in [0.2, 0.25) is 0 Å². The Morgan fingerprint density at radius 2 is 1.80 bits per heavy atom. The van der Waals surface area contributed by atoms with Crippen LogP contribution < -0.4 is 5.69 Å². The quantitative estimate of drug-likeness (QED) is 0.205. The number of aliphatic hydroxyl groups excluding tert-OH is 1. The number of aromatic nitrogens is 2. The molecule has 1 aromatic heterocycles. The van der Waals surface area contributed by atoms with Gasteiger partial charge in [0.1, 0.15) is 17.0 Å². The summed E-state index contributed by atoms with van der Waals surface area (Å²) in [5.74, 6) is -0.694. The van der Waals surface area contributed by atoms with Crippen LogP contribution in [0.2, 0.25) is 0 Å². The number of ether oxygens (including phenoxy) is 1. The number of H-pyrrole nitrogens is 1. The van der Waals surface area contributed by atoms with Gasteiger partial charge in [-0.15, -0.1) is 0 Å². The van der Waals surface area contributed by atoms with Crippen molar-refractivity contribution >= 4 is 35.7 Å². The van der Waals surface area contributed by atoms with E-state index in [2.05, 4.69) is 18.1 Å². The number of phosphoric acid groups is 3. The van der Waals surface area contributed by atoms with Gasteiger partial charge in [0, 0.05) is 17.7 Å². The van der Waals surface area contributed by atoms with Crippen molar-refractivity contribution in [2.75, 3.05) is 6.61 Å². The highest BCUT2D eigenvalue weighted by molar-refractivity contribution is 7.71. The molecule has 0 aliphatic carbocycles. The van der Waals surface area contributed by atoms with Gasteiger partial charge in [-0.05, 0) is 6.92 Å². The number of aromatic amines is 1. The molecule has 2 heterocycles. The van der Waals surface area contributed by atoms with Crippen molar-refractivity contribution in [1.82, 2.24) is 9.55 Å². The molecule has 1 aliphatic heterocycles. The lowest BCUT2D eigenvalue weighted by Gasteiger charge is -2.19. The molecule has 1 fully saturated rings. The molecule has 0 saturated carbocycles. The first-order valence-electron chi connectivity index (χ1n) is 7.95. The fourth-order valence-electron chi connectivity index (χ4n) is 2.59. The highest BCUT2D eigenvalue weighted by Gasteiger charge is 2.45. The standard InChI is InChI=1S/C11H19N2O13P3S/c1-5-3-13(11(15)12-9(5)30)10-6(2)8(14)7(24-10)4-23-28(19,20)26-29(21,22)25-27(16,17)18/h3,6-8,10,14H,4H2,1-2H3,(H,19,20)(H,21,22)(H,12,15,30)(H2,16,17,18)/t6?,7-,8-,10-/m0/s1. The van der Waals surface area contributed by atoms with Crippen LogP contribution in [0.25, 0.3) is 0 Å². The molecule has 0 radical (unpaired) electrons. The first-order chi connectivity index (χ1) is 13.5. The highest BCUT2D eigenvalue weighted by Crippen LogP contribution is 2.66. The zero-order valence-electron chi connectivity index (χ0n) is 15.3. The second kappa shape index (κ2) is 9.12. The molecular formula is C11H19N2O13P3S. The Morgan fingerprint density at radius 3 is 2.37 bits per heavy atom. The van der Waals surface area contributed by atoms with E-state index < -0.39 is 60.1 Å². The van der Waals surface area contributed by atoms with Gasteiger partial charge in [0.15, 0.2) is 0 Å². The van der Waals surface area contributed by atoms with Crippen LogP contribution in [0, 0.1) is 17.5 Å². The van der Waals surface area contributed by atoms with Crippen LogP contribution in [0.1, 0.15) is 18.7 Å². The molecule has 0 spiro atoms. The molecule has 0 bridgehead atoms. The molecule has 6 atom stereocenters. The van der Waals surface area contributed by atoms with Crippen LogP contribution in [0.15, 0.2) is 11.0 Å². The smallest absolute Gasteiger partial charge is 0.390 e. The van der Waals surface area contributed by atoms with Crippen molar-refractivity contribution in [3.05, 3.63) is 26.9 Å². The predicted octanol–water partition coefficient (Wildman–Crippen LogP) is 0.452. The van der Waals surface area contributed by atoms with Crippen LogP contribution in [0.5, 0.6) is 0 Å². The summed E-state index contributed by atoms with van der Waals surface area (Å²) in [6.07, 6.45) is -2.17. The topological polar surface area (TPSA) is 227 Å². The molecule has 19 heteroatoms. The Hall–Kier alpha value is -0.570. The van der Waals surface area contributed by atoms with E-state index in [1.54, 1.807) is 6.92 Å². The normalized spacial score (nSPS) is 28.8. The van der Waals surface area contributed by atoms with Gasteiger partial charge in [-0.25, -0.2) is 18.5 Å². The molecule has 172 valence electrons. The fourth-order valence-corrected chi connectivity index (χ4v) is 5.76. The van der Waals surface area contributed by atoms with Gasteiger partial charge in [-0.2, -0.15) is 8.62 Å². The molecular weight excluding hydrogens is 493 g/mol. The minimum absolute atomic E-state index is 0.214. The lowest BCUT2D eigenvalue weighted by molar-refractivity contribution is -0.0468. The summed E-state index contributed by atoms with van der Waals surface area (Å²) in [6, 6.07) is 0. The van der Waals surface area contributed by atoms with Crippen molar-refractivity contribution in [2.45, 2.75) is 32.3 Å². The first-order valence-corrected chi connectivity index (χ1v) is 12.9. The number of phosphoric ester groups is 1. The van der Waals surface area contributed by atoms with Gasteiger partial charge >= 0.3 is 29.2 Å². The number of aliphatic hydroxyl groups is 1. The molecule has 1 saturated heterocycles. The maximum atomic E-state index is 12.1. The lowest BCUT2D eigenvalue weighted by Crippen LogP contribution is -2.31. The molecule has 1 aromatic rings. The van der Waals surface area contributed by atoms with Crippen LogP contribution >= 0.6 is 35.7 Å². The van der Waals surface area contributed by atoms with E-state index in [1.807, 2.05) is 0 Å². The van der Waals surface area contributed by atoms with Gasteiger partial charge in [-0.1, -0.05) is 19.1 Å². The summed E-state index contributed by atoms with van der Waals surface area (Å²) < 4.78 is 52.2. The SMILES string of the molecule is Cc1cn([C@H]2O[C@@H](COP(=O)(O)OP(=O)(O)OP(=O)(O)O)[C@@H](O)C2C)c(=O)[nH]c1=S. The van der Waals surface area contributed by atoms with Crippen molar-refractivity contribution in [3.8, 4) is 0 Å². The summed E-state index contributed by atoms with van der Waals surface area (Å²) >= 11 is 4.96. The molecule has 15 nitrogen and oxygen atoms in total. The van der Waals surface area contributed by atoms with Crippen molar-refractivity contribution in [1.29, 1.82) is 0 Å². The number of hydrogen-bond donors (Lipinski definition) is 6. The minimum atomic E-state index is -5.66. The zero-order valence-corrected chi connectivity index (χ0v) is 18.8. The van der Waals surface area contributed by atoms with E-state index in [-0.39, 0.29) is 4.64 Å². The second-order valence-corrected chi connectivity index (χ2v) is 11.1. The Labute approximate surface area is 173 Å². The van der Waals surface area contributed by atoms with Crippen LogP contribution in [0.4, 0.5) is 0 Å². The largest absolute Gasteiger partial charge is 0.490 e. The van der Waals surface area contributed by atoms with E-state index in [0.717, 1.165) is 4.57 Å². The average Bonchev–Trinajstić information content (AvgIpc) is 2.81. The zero-order chi connectivity index (χ0) is 23.1. The monoisotopic (exact) mass is 512 g/mol. The Morgan fingerprint density at radius 1 is 1.20 bits per heavy atom. The number of hydrogen-bond acceptors (Lipinski definition) is 10. The summed E-state index contributed by atoms with van der Waals surface area (Å²) in [5, 5.41) is 10.3. The summed E-state index contributed by atoms with van der Waals surface area (Å²) in [6.45, 7) is 2.32. The van der Waals surface area contributed by atoms with Gasteiger partial charge in [0.25, 0.3) is 0 Å². The molecule has 0 aromatic carbocycles. The van der Waals surface area contributed by atoms with Crippen molar-refractivity contribution in [3.63, 3.8) is 0 Å². The molecule has 2 rings (SSSR count). The Balaban J connectivity index is 2.09.